The minimum Gasteiger partial charge on any atom is -0.494 e. The highest BCUT2D eigenvalue weighted by Gasteiger charge is 2.17. The predicted molar refractivity (Wildman–Crippen MR) is 127 cm³/mol. The SMILES string of the molecule is COc1cc(NC(=O)c2ccc(-c3cccc(Cl)c3Cl)o2)ccc1NC(=O)c1cccs1. The van der Waals surface area contributed by atoms with E-state index < -0.39 is 5.91 Å². The molecule has 2 heterocycles. The molecule has 32 heavy (non-hydrogen) atoms. The number of hydrogen-bond acceptors (Lipinski definition) is 5. The first-order valence-corrected chi connectivity index (χ1v) is 11.0. The second-order valence-electron chi connectivity index (χ2n) is 6.57. The van der Waals surface area contributed by atoms with Crippen LogP contribution in [-0.4, -0.2) is 18.9 Å². The summed E-state index contributed by atoms with van der Waals surface area (Å²) in [6.45, 7) is 0. The van der Waals surface area contributed by atoms with Crippen LogP contribution in [0.2, 0.25) is 10.0 Å². The molecule has 0 bridgehead atoms. The van der Waals surface area contributed by atoms with Crippen LogP contribution in [0.25, 0.3) is 11.3 Å². The Labute approximate surface area is 197 Å². The maximum absolute atomic E-state index is 12.7. The highest BCUT2D eigenvalue weighted by Crippen LogP contribution is 2.34. The molecule has 4 rings (SSSR count). The second-order valence-corrected chi connectivity index (χ2v) is 8.30. The number of nitrogens with one attached hydrogen (secondary N) is 2. The maximum Gasteiger partial charge on any atom is 0.291 e. The summed E-state index contributed by atoms with van der Waals surface area (Å²) in [5.41, 5.74) is 1.55. The van der Waals surface area contributed by atoms with Gasteiger partial charge in [-0.1, -0.05) is 35.3 Å². The van der Waals surface area contributed by atoms with E-state index in [2.05, 4.69) is 10.6 Å². The third-order valence-corrected chi connectivity index (χ3v) is 6.19. The zero-order valence-corrected chi connectivity index (χ0v) is 19.0. The van der Waals surface area contributed by atoms with Crippen molar-refractivity contribution < 1.29 is 18.7 Å². The second kappa shape index (κ2) is 9.48. The molecule has 2 amide bonds. The van der Waals surface area contributed by atoms with Crippen LogP contribution < -0.4 is 15.4 Å². The first-order chi connectivity index (χ1) is 15.5. The molecule has 0 fully saturated rings. The number of ether oxygens (including phenoxy) is 1. The summed E-state index contributed by atoms with van der Waals surface area (Å²) in [5.74, 6) is 0.236. The molecule has 0 radical (unpaired) electrons. The molecule has 2 N–H and O–H groups in total. The molecule has 2 aromatic carbocycles. The van der Waals surface area contributed by atoms with Crippen molar-refractivity contribution in [3.63, 3.8) is 0 Å². The van der Waals surface area contributed by atoms with Crippen LogP contribution in [0.4, 0.5) is 11.4 Å². The van der Waals surface area contributed by atoms with Gasteiger partial charge in [-0.15, -0.1) is 11.3 Å². The molecule has 0 spiro atoms. The number of benzene rings is 2. The molecule has 162 valence electrons. The molecular weight excluding hydrogens is 471 g/mol. The Hall–Kier alpha value is -3.26. The van der Waals surface area contributed by atoms with E-state index in [4.69, 9.17) is 32.4 Å². The summed E-state index contributed by atoms with van der Waals surface area (Å²) in [6, 6.07) is 16.8. The molecule has 2 aromatic heterocycles. The van der Waals surface area contributed by atoms with Crippen LogP contribution in [0.5, 0.6) is 5.75 Å². The minimum absolute atomic E-state index is 0.102. The highest BCUT2D eigenvalue weighted by atomic mass is 35.5. The van der Waals surface area contributed by atoms with E-state index in [0.29, 0.717) is 43.4 Å². The molecule has 6 nitrogen and oxygen atoms in total. The van der Waals surface area contributed by atoms with Crippen molar-refractivity contribution in [1.82, 2.24) is 0 Å². The van der Waals surface area contributed by atoms with E-state index in [0.717, 1.165) is 0 Å². The van der Waals surface area contributed by atoms with E-state index in [1.165, 1.54) is 18.4 Å². The maximum atomic E-state index is 12.7. The number of hydrogen-bond donors (Lipinski definition) is 2. The fourth-order valence-corrected chi connectivity index (χ4v) is 3.97. The molecule has 0 saturated heterocycles. The van der Waals surface area contributed by atoms with Gasteiger partial charge in [0.05, 0.1) is 27.7 Å². The van der Waals surface area contributed by atoms with Gasteiger partial charge >= 0.3 is 0 Å². The van der Waals surface area contributed by atoms with Gasteiger partial charge in [-0.25, -0.2) is 0 Å². The summed E-state index contributed by atoms with van der Waals surface area (Å²) in [5, 5.41) is 8.11. The topological polar surface area (TPSA) is 80.6 Å². The average Bonchev–Trinajstić information content (AvgIpc) is 3.49. The fraction of sp³-hybridized carbons (Fsp3) is 0.0435. The average molecular weight is 487 g/mol. The van der Waals surface area contributed by atoms with Crippen molar-refractivity contribution in [3.05, 3.63) is 86.7 Å². The first kappa shape index (κ1) is 22.0. The van der Waals surface area contributed by atoms with Gasteiger partial charge in [0.25, 0.3) is 11.8 Å². The van der Waals surface area contributed by atoms with E-state index >= 15 is 0 Å². The Bertz CT molecular complexity index is 1290. The van der Waals surface area contributed by atoms with Gasteiger partial charge in [-0.05, 0) is 47.8 Å². The summed E-state index contributed by atoms with van der Waals surface area (Å²) in [4.78, 5) is 25.5. The molecule has 0 saturated carbocycles. The highest BCUT2D eigenvalue weighted by molar-refractivity contribution is 7.12. The lowest BCUT2D eigenvalue weighted by atomic mass is 10.2. The normalized spacial score (nSPS) is 10.6. The van der Waals surface area contributed by atoms with Gasteiger partial charge in [-0.2, -0.15) is 0 Å². The number of carbonyl (C=O) groups excluding carboxylic acids is 2. The molecule has 4 aromatic rings. The van der Waals surface area contributed by atoms with Crippen LogP contribution in [-0.2, 0) is 0 Å². The van der Waals surface area contributed by atoms with E-state index in [1.54, 1.807) is 60.7 Å². The lowest BCUT2D eigenvalue weighted by molar-refractivity contribution is 0.0995. The monoisotopic (exact) mass is 486 g/mol. The predicted octanol–water partition coefficient (Wildman–Crippen LogP) is 6.83. The van der Waals surface area contributed by atoms with Gasteiger partial charge in [0.1, 0.15) is 11.5 Å². The van der Waals surface area contributed by atoms with Crippen LogP contribution in [0.15, 0.2) is 70.5 Å². The number of rotatable bonds is 6. The van der Waals surface area contributed by atoms with Gasteiger partial charge in [0.15, 0.2) is 5.76 Å². The smallest absolute Gasteiger partial charge is 0.291 e. The van der Waals surface area contributed by atoms with Crippen molar-refractivity contribution >= 4 is 57.7 Å². The quantitative estimate of drug-likeness (QED) is 0.313. The lowest BCUT2D eigenvalue weighted by Crippen LogP contribution is -2.13. The van der Waals surface area contributed by atoms with Crippen molar-refractivity contribution in [2.24, 2.45) is 0 Å². The Morgan fingerprint density at radius 2 is 1.81 bits per heavy atom. The first-order valence-electron chi connectivity index (χ1n) is 9.34. The summed E-state index contributed by atoms with van der Waals surface area (Å²) in [7, 11) is 1.48. The molecule has 0 unspecified atom stereocenters. The van der Waals surface area contributed by atoms with Gasteiger partial charge < -0.3 is 19.8 Å². The summed E-state index contributed by atoms with van der Waals surface area (Å²) >= 11 is 13.6. The van der Waals surface area contributed by atoms with E-state index in [-0.39, 0.29) is 11.7 Å². The number of amides is 2. The molecule has 0 aliphatic heterocycles. The molecule has 0 atom stereocenters. The zero-order valence-electron chi connectivity index (χ0n) is 16.6. The van der Waals surface area contributed by atoms with Crippen molar-refractivity contribution in [2.45, 2.75) is 0 Å². The number of furan rings is 1. The molecular formula is C23H16Cl2N2O4S. The van der Waals surface area contributed by atoms with Crippen LogP contribution in [0.1, 0.15) is 20.2 Å². The van der Waals surface area contributed by atoms with Crippen LogP contribution in [0.3, 0.4) is 0 Å². The lowest BCUT2D eigenvalue weighted by Gasteiger charge is -2.12. The zero-order chi connectivity index (χ0) is 22.7. The van der Waals surface area contributed by atoms with Gasteiger partial charge in [-0.3, -0.25) is 9.59 Å². The van der Waals surface area contributed by atoms with Crippen LogP contribution >= 0.6 is 34.5 Å². The fourth-order valence-electron chi connectivity index (χ4n) is 2.96. The van der Waals surface area contributed by atoms with Gasteiger partial charge in [0.2, 0.25) is 0 Å². The Kier molecular flexibility index (Phi) is 6.50. The van der Waals surface area contributed by atoms with E-state index in [9.17, 15) is 9.59 Å². The molecule has 9 heteroatoms. The van der Waals surface area contributed by atoms with E-state index in [1.807, 2.05) is 5.38 Å². The minimum atomic E-state index is -0.452. The molecule has 0 aliphatic carbocycles. The third kappa shape index (κ3) is 4.65. The number of anilines is 2. The number of thiophene rings is 1. The largest absolute Gasteiger partial charge is 0.494 e. The number of methoxy groups -OCH3 is 1. The third-order valence-electron chi connectivity index (χ3n) is 4.50. The summed E-state index contributed by atoms with van der Waals surface area (Å²) < 4.78 is 11.0. The summed E-state index contributed by atoms with van der Waals surface area (Å²) in [6.07, 6.45) is 0. The van der Waals surface area contributed by atoms with Crippen molar-refractivity contribution in [2.75, 3.05) is 17.7 Å². The Morgan fingerprint density at radius 1 is 0.969 bits per heavy atom. The van der Waals surface area contributed by atoms with Crippen LogP contribution in [0, 0.1) is 0 Å². The Balaban J connectivity index is 1.49. The standard InChI is InChI=1S/C23H16Cl2N2O4S/c1-30-19-12-13(7-8-16(19)27-23(29)20-6-3-11-32-20)26-22(28)18-10-9-17(31-18)14-4-2-5-15(24)21(14)25/h2-12H,1H3,(H,26,28)(H,27,29). The van der Waals surface area contributed by atoms with Gasteiger partial charge in [0, 0.05) is 17.3 Å². The number of halogens is 2. The van der Waals surface area contributed by atoms with Crippen molar-refractivity contribution in [1.29, 1.82) is 0 Å². The Morgan fingerprint density at radius 3 is 2.56 bits per heavy atom. The molecule has 0 aliphatic rings. The van der Waals surface area contributed by atoms with Crippen molar-refractivity contribution in [3.8, 4) is 17.1 Å². The number of carbonyl (C=O) groups is 2.